The number of fused-ring (bicyclic) bond motifs is 1. The van der Waals surface area contributed by atoms with E-state index in [-0.39, 0.29) is 12.3 Å². The van der Waals surface area contributed by atoms with Gasteiger partial charge in [-0.15, -0.1) is 0 Å². The summed E-state index contributed by atoms with van der Waals surface area (Å²) in [4.78, 5) is 23.3. The average Bonchev–Trinajstić information content (AvgIpc) is 2.49. The van der Waals surface area contributed by atoms with E-state index in [0.717, 1.165) is 29.2 Å². The normalized spacial score (nSPS) is 15.8. The number of carbonyl (C=O) groups is 2. The van der Waals surface area contributed by atoms with Gasteiger partial charge in [0.2, 0.25) is 5.91 Å². The van der Waals surface area contributed by atoms with Crippen LogP contribution in [0, 0.1) is 5.92 Å². The zero-order valence-corrected chi connectivity index (χ0v) is 13.0. The van der Waals surface area contributed by atoms with Gasteiger partial charge in [-0.2, -0.15) is 0 Å². The number of rotatable bonds is 6. The number of hydrogen-bond donors (Lipinski definition) is 2. The smallest absolute Gasteiger partial charge is 0.305 e. The maximum Gasteiger partial charge on any atom is 0.305 e. The van der Waals surface area contributed by atoms with Gasteiger partial charge in [-0.1, -0.05) is 42.8 Å². The second-order valence-corrected chi connectivity index (χ2v) is 6.33. The van der Waals surface area contributed by atoms with Crippen molar-refractivity contribution in [3.8, 4) is 0 Å². The minimum atomic E-state index is -0.910. The molecule has 0 spiro atoms. The maximum absolute atomic E-state index is 12.2. The third kappa shape index (κ3) is 3.89. The molecule has 0 heterocycles. The highest BCUT2D eigenvalue weighted by atomic mass is 16.4. The van der Waals surface area contributed by atoms with Gasteiger partial charge in [-0.25, -0.2) is 0 Å². The fourth-order valence-electron chi connectivity index (χ4n) is 3.06. The maximum atomic E-state index is 12.2. The molecule has 0 saturated heterocycles. The molecular weight excluding hydrogens is 290 g/mol. The Bertz CT molecular complexity index is 721. The topological polar surface area (TPSA) is 66.4 Å². The molecule has 1 amide bonds. The molecule has 2 aromatic carbocycles. The first-order valence-electron chi connectivity index (χ1n) is 8.11. The molecule has 1 aliphatic rings. The molecule has 4 nitrogen and oxygen atoms in total. The molecule has 2 N–H and O–H groups in total. The van der Waals surface area contributed by atoms with Crippen molar-refractivity contribution >= 4 is 22.6 Å². The first kappa shape index (κ1) is 15.5. The summed E-state index contributed by atoms with van der Waals surface area (Å²) in [6.07, 6.45) is 3.81. The fourth-order valence-corrected chi connectivity index (χ4v) is 3.06. The predicted molar refractivity (Wildman–Crippen MR) is 89.0 cm³/mol. The van der Waals surface area contributed by atoms with E-state index in [2.05, 4.69) is 5.32 Å². The lowest BCUT2D eigenvalue weighted by Crippen LogP contribution is -2.32. The first-order chi connectivity index (χ1) is 11.1. The highest BCUT2D eigenvalue weighted by Gasteiger charge is 2.23. The molecule has 4 heteroatoms. The summed E-state index contributed by atoms with van der Waals surface area (Å²) in [6, 6.07) is 13.3. The van der Waals surface area contributed by atoms with Crippen LogP contribution in [0.3, 0.4) is 0 Å². The number of carboxylic acids is 1. The second kappa shape index (κ2) is 6.82. The summed E-state index contributed by atoms with van der Waals surface area (Å²) in [5.74, 6) is -0.488. The van der Waals surface area contributed by atoms with Crippen molar-refractivity contribution in [3.63, 3.8) is 0 Å². The quantitative estimate of drug-likeness (QED) is 0.855. The van der Waals surface area contributed by atoms with Crippen LogP contribution in [0.2, 0.25) is 0 Å². The molecule has 0 aromatic heterocycles. The number of aliphatic carboxylic acids is 1. The van der Waals surface area contributed by atoms with E-state index in [1.54, 1.807) is 0 Å². The molecule has 1 saturated carbocycles. The van der Waals surface area contributed by atoms with Crippen LogP contribution >= 0.6 is 0 Å². The SMILES string of the molecule is O=C(O)C[C@H](NC(=O)CC1CCC1)c1ccc2ccccc2c1. The molecule has 2 aromatic rings. The van der Waals surface area contributed by atoms with Gasteiger partial charge < -0.3 is 10.4 Å². The molecule has 1 fully saturated rings. The van der Waals surface area contributed by atoms with Gasteiger partial charge in [0.25, 0.3) is 0 Å². The van der Waals surface area contributed by atoms with Crippen LogP contribution in [0.5, 0.6) is 0 Å². The van der Waals surface area contributed by atoms with Gasteiger partial charge >= 0.3 is 5.97 Å². The Kier molecular flexibility index (Phi) is 4.60. The number of carbonyl (C=O) groups excluding carboxylic acids is 1. The monoisotopic (exact) mass is 311 g/mol. The molecule has 120 valence electrons. The van der Waals surface area contributed by atoms with Crippen molar-refractivity contribution in [2.75, 3.05) is 0 Å². The van der Waals surface area contributed by atoms with Crippen molar-refractivity contribution in [1.82, 2.24) is 5.32 Å². The van der Waals surface area contributed by atoms with Crippen molar-refractivity contribution in [2.45, 2.75) is 38.1 Å². The predicted octanol–water partition coefficient (Wildman–Crippen LogP) is 3.66. The van der Waals surface area contributed by atoms with Gasteiger partial charge in [-0.3, -0.25) is 9.59 Å². The van der Waals surface area contributed by atoms with Crippen LogP contribution in [0.15, 0.2) is 42.5 Å². The standard InChI is InChI=1S/C19H21NO3/c21-18(10-13-4-3-5-13)20-17(12-19(22)23)16-9-8-14-6-1-2-7-15(14)11-16/h1-2,6-9,11,13,17H,3-5,10,12H2,(H,20,21)(H,22,23)/t17-/m0/s1. The average molecular weight is 311 g/mol. The largest absolute Gasteiger partial charge is 0.481 e. The van der Waals surface area contributed by atoms with E-state index in [9.17, 15) is 9.59 Å². The Morgan fingerprint density at radius 1 is 1.13 bits per heavy atom. The van der Waals surface area contributed by atoms with Crippen LogP contribution in [0.1, 0.15) is 43.7 Å². The van der Waals surface area contributed by atoms with Gasteiger partial charge in [0.1, 0.15) is 0 Å². The third-order valence-electron chi connectivity index (χ3n) is 4.59. The van der Waals surface area contributed by atoms with E-state index >= 15 is 0 Å². The van der Waals surface area contributed by atoms with Gasteiger partial charge in [0, 0.05) is 6.42 Å². The zero-order chi connectivity index (χ0) is 16.2. The molecule has 3 rings (SSSR count). The summed E-state index contributed by atoms with van der Waals surface area (Å²) in [7, 11) is 0. The number of hydrogen-bond acceptors (Lipinski definition) is 2. The van der Waals surface area contributed by atoms with Gasteiger partial charge in [0.15, 0.2) is 0 Å². The van der Waals surface area contributed by atoms with Crippen molar-refractivity contribution in [3.05, 3.63) is 48.0 Å². The molecule has 0 unspecified atom stereocenters. The summed E-state index contributed by atoms with van der Waals surface area (Å²) in [6.45, 7) is 0. The summed E-state index contributed by atoms with van der Waals surface area (Å²) < 4.78 is 0. The molecule has 0 bridgehead atoms. The fraction of sp³-hybridized carbons (Fsp3) is 0.368. The van der Waals surface area contributed by atoms with Crippen LogP contribution in [0.25, 0.3) is 10.8 Å². The minimum absolute atomic E-state index is 0.0471. The molecular formula is C19H21NO3. The Morgan fingerprint density at radius 2 is 1.87 bits per heavy atom. The first-order valence-corrected chi connectivity index (χ1v) is 8.11. The highest BCUT2D eigenvalue weighted by Crippen LogP contribution is 2.30. The van der Waals surface area contributed by atoms with E-state index in [4.69, 9.17) is 5.11 Å². The Labute approximate surface area is 135 Å². The summed E-state index contributed by atoms with van der Waals surface area (Å²) in [5.41, 5.74) is 0.841. The number of nitrogens with one attached hydrogen (secondary N) is 1. The molecule has 0 radical (unpaired) electrons. The van der Waals surface area contributed by atoms with Gasteiger partial charge in [-0.05, 0) is 41.2 Å². The lowest BCUT2D eigenvalue weighted by molar-refractivity contribution is -0.137. The molecule has 0 aliphatic heterocycles. The summed E-state index contributed by atoms with van der Waals surface area (Å²) in [5, 5.41) is 14.2. The third-order valence-corrected chi connectivity index (χ3v) is 4.59. The Balaban J connectivity index is 1.78. The van der Waals surface area contributed by atoms with E-state index in [1.165, 1.54) is 6.42 Å². The Hall–Kier alpha value is -2.36. The molecule has 23 heavy (non-hydrogen) atoms. The van der Waals surface area contributed by atoms with E-state index in [1.807, 2.05) is 42.5 Å². The summed E-state index contributed by atoms with van der Waals surface area (Å²) >= 11 is 0. The van der Waals surface area contributed by atoms with Crippen molar-refractivity contribution < 1.29 is 14.7 Å². The number of amides is 1. The van der Waals surface area contributed by atoms with E-state index < -0.39 is 12.0 Å². The van der Waals surface area contributed by atoms with Crippen LogP contribution < -0.4 is 5.32 Å². The second-order valence-electron chi connectivity index (χ2n) is 6.33. The molecule has 1 aliphatic carbocycles. The number of carboxylic acid groups (broad SMARTS) is 1. The molecule has 1 atom stereocenters. The zero-order valence-electron chi connectivity index (χ0n) is 13.0. The minimum Gasteiger partial charge on any atom is -0.481 e. The lowest BCUT2D eigenvalue weighted by Gasteiger charge is -2.26. The Morgan fingerprint density at radius 3 is 2.52 bits per heavy atom. The van der Waals surface area contributed by atoms with Crippen molar-refractivity contribution in [2.24, 2.45) is 5.92 Å². The van der Waals surface area contributed by atoms with Gasteiger partial charge in [0.05, 0.1) is 12.5 Å². The van der Waals surface area contributed by atoms with E-state index in [0.29, 0.717) is 12.3 Å². The van der Waals surface area contributed by atoms with Crippen LogP contribution in [-0.4, -0.2) is 17.0 Å². The van der Waals surface area contributed by atoms with Crippen LogP contribution in [0.4, 0.5) is 0 Å². The van der Waals surface area contributed by atoms with Crippen molar-refractivity contribution in [1.29, 1.82) is 0 Å². The highest BCUT2D eigenvalue weighted by molar-refractivity contribution is 5.84. The number of benzene rings is 2. The van der Waals surface area contributed by atoms with Crippen LogP contribution in [-0.2, 0) is 9.59 Å². The lowest BCUT2D eigenvalue weighted by atomic mass is 9.83.